The number of hydrogen-bond donors (Lipinski definition) is 3. The molecule has 0 aliphatic carbocycles. The molecule has 1 aromatic carbocycles. The van der Waals surface area contributed by atoms with Crippen molar-refractivity contribution in [3.05, 3.63) is 52.4 Å². The van der Waals surface area contributed by atoms with Gasteiger partial charge in [-0.2, -0.15) is 13.4 Å². The second-order valence-electron chi connectivity index (χ2n) is 6.98. The van der Waals surface area contributed by atoms with Gasteiger partial charge < -0.3 is 24.8 Å². The summed E-state index contributed by atoms with van der Waals surface area (Å²) in [5.74, 6) is 0. The number of rotatable bonds is 7. The quantitative estimate of drug-likeness (QED) is 0.457. The number of aliphatic hydroxyl groups excluding tert-OH is 3. The third-order valence-electron chi connectivity index (χ3n) is 4.74. The second kappa shape index (κ2) is 9.42. The van der Waals surface area contributed by atoms with Crippen molar-refractivity contribution in [2.45, 2.75) is 49.4 Å². The number of hydrogen-bond acceptors (Lipinski definition) is 10. The Morgan fingerprint density at radius 3 is 2.42 bits per heavy atom. The molecule has 1 aliphatic rings. The lowest BCUT2D eigenvalue weighted by Gasteiger charge is -2.41. The van der Waals surface area contributed by atoms with Crippen LogP contribution < -0.4 is 10.3 Å². The van der Waals surface area contributed by atoms with Crippen molar-refractivity contribution in [2.24, 2.45) is 0 Å². The maximum absolute atomic E-state index is 12.4. The third kappa shape index (κ3) is 5.11. The van der Waals surface area contributed by atoms with E-state index >= 15 is 0 Å². The van der Waals surface area contributed by atoms with Crippen LogP contribution in [0.1, 0.15) is 18.7 Å². The standard InChI is InChI=1S/C19H24N2O9S/c1-3-28-19-20-14(22)8-9-21(19)18-17(25)16(24)15(23)13(30-18)10-29-31(26,27)12-6-4-11(2)5-7-12/h4-9,13,15-18,23-25H,3,10H2,1-2H3/t13-,15-,16+,17-,18?/m1/s1. The van der Waals surface area contributed by atoms with Gasteiger partial charge in [-0.05, 0) is 26.0 Å². The summed E-state index contributed by atoms with van der Waals surface area (Å²) in [6, 6.07) is 6.90. The molecule has 2 heterocycles. The minimum atomic E-state index is -4.16. The van der Waals surface area contributed by atoms with Crippen molar-refractivity contribution < 1.29 is 37.4 Å². The van der Waals surface area contributed by atoms with E-state index in [1.165, 1.54) is 22.9 Å². The summed E-state index contributed by atoms with van der Waals surface area (Å²) in [7, 11) is -4.16. The summed E-state index contributed by atoms with van der Waals surface area (Å²) in [4.78, 5) is 15.2. The molecule has 1 saturated heterocycles. The van der Waals surface area contributed by atoms with Gasteiger partial charge in [-0.15, -0.1) is 0 Å². The average molecular weight is 456 g/mol. The molecular weight excluding hydrogens is 432 g/mol. The number of aliphatic hydroxyl groups is 3. The Labute approximate surface area is 178 Å². The maximum atomic E-state index is 12.4. The molecule has 12 heteroatoms. The van der Waals surface area contributed by atoms with E-state index in [9.17, 15) is 28.5 Å². The number of nitrogens with zero attached hydrogens (tertiary/aromatic N) is 2. The maximum Gasteiger partial charge on any atom is 0.301 e. The van der Waals surface area contributed by atoms with Gasteiger partial charge in [0.1, 0.15) is 24.4 Å². The van der Waals surface area contributed by atoms with Crippen molar-refractivity contribution in [1.82, 2.24) is 9.55 Å². The van der Waals surface area contributed by atoms with Crippen molar-refractivity contribution in [1.29, 1.82) is 0 Å². The van der Waals surface area contributed by atoms with Crippen LogP contribution in [0.3, 0.4) is 0 Å². The first kappa shape index (κ1) is 23.3. The van der Waals surface area contributed by atoms with Gasteiger partial charge >= 0.3 is 6.01 Å². The summed E-state index contributed by atoms with van der Waals surface area (Å²) >= 11 is 0. The van der Waals surface area contributed by atoms with Crippen LogP contribution in [0, 0.1) is 6.92 Å². The van der Waals surface area contributed by atoms with Crippen LogP contribution in [0.2, 0.25) is 0 Å². The number of benzene rings is 1. The molecule has 1 fully saturated rings. The largest absolute Gasteiger partial charge is 0.465 e. The van der Waals surface area contributed by atoms with E-state index in [1.807, 2.05) is 0 Å². The summed E-state index contributed by atoms with van der Waals surface area (Å²) in [6.07, 6.45) is -6.35. The Morgan fingerprint density at radius 1 is 1.10 bits per heavy atom. The lowest BCUT2D eigenvalue weighted by molar-refractivity contribution is -0.250. The Kier molecular flexibility index (Phi) is 7.09. The molecule has 2 aromatic rings. The lowest BCUT2D eigenvalue weighted by atomic mass is 9.98. The third-order valence-corrected chi connectivity index (χ3v) is 6.03. The summed E-state index contributed by atoms with van der Waals surface area (Å²) in [6.45, 7) is 2.99. The van der Waals surface area contributed by atoms with E-state index < -0.39 is 52.9 Å². The molecule has 1 aromatic heterocycles. The molecule has 3 rings (SSSR count). The fourth-order valence-corrected chi connectivity index (χ4v) is 3.97. The molecule has 0 bridgehead atoms. The molecule has 1 aliphatic heterocycles. The molecular formula is C19H24N2O9S. The molecule has 0 radical (unpaired) electrons. The second-order valence-corrected chi connectivity index (χ2v) is 8.59. The molecule has 1 unspecified atom stereocenters. The van der Waals surface area contributed by atoms with Crippen LogP contribution in [0.4, 0.5) is 0 Å². The Morgan fingerprint density at radius 2 is 1.77 bits per heavy atom. The monoisotopic (exact) mass is 456 g/mol. The summed E-state index contributed by atoms with van der Waals surface area (Å²) < 4.78 is 42.0. The van der Waals surface area contributed by atoms with Crippen LogP contribution in [0.15, 0.2) is 46.2 Å². The van der Waals surface area contributed by atoms with E-state index in [0.29, 0.717) is 0 Å². The fraction of sp³-hybridized carbons (Fsp3) is 0.474. The minimum absolute atomic E-state index is 0.0798. The van der Waals surface area contributed by atoms with Gasteiger partial charge in [-0.1, -0.05) is 17.7 Å². The first-order valence-corrected chi connectivity index (χ1v) is 10.9. The average Bonchev–Trinajstić information content (AvgIpc) is 2.73. The van der Waals surface area contributed by atoms with Gasteiger partial charge in [0.25, 0.3) is 15.7 Å². The highest BCUT2D eigenvalue weighted by molar-refractivity contribution is 7.86. The SMILES string of the molecule is CCOc1nc(=O)ccn1C1O[C@H](COS(=O)(=O)c2ccc(C)cc2)[C@@H](O)[C@H](O)[C@H]1O. The summed E-state index contributed by atoms with van der Waals surface area (Å²) in [5, 5.41) is 31.0. The zero-order valence-corrected chi connectivity index (χ0v) is 17.7. The van der Waals surface area contributed by atoms with Crippen LogP contribution >= 0.6 is 0 Å². The molecule has 11 nitrogen and oxygen atoms in total. The fourth-order valence-electron chi connectivity index (χ4n) is 3.05. The molecule has 5 atom stereocenters. The van der Waals surface area contributed by atoms with Crippen LogP contribution in [-0.2, 0) is 19.0 Å². The number of aryl methyl sites for hydroxylation is 1. The number of ether oxygens (including phenoxy) is 2. The van der Waals surface area contributed by atoms with Crippen molar-refractivity contribution in [3.63, 3.8) is 0 Å². The molecule has 0 spiro atoms. The lowest BCUT2D eigenvalue weighted by Crippen LogP contribution is -2.57. The molecule has 0 amide bonds. The number of aromatic nitrogens is 2. The Hall–Kier alpha value is -2.35. The van der Waals surface area contributed by atoms with Gasteiger partial charge in [-0.25, -0.2) is 0 Å². The summed E-state index contributed by atoms with van der Waals surface area (Å²) in [5.41, 5.74) is 0.277. The zero-order chi connectivity index (χ0) is 22.8. The van der Waals surface area contributed by atoms with Gasteiger partial charge in [0.2, 0.25) is 0 Å². The predicted octanol–water partition coefficient (Wildman–Crippen LogP) is -0.664. The minimum Gasteiger partial charge on any atom is -0.465 e. The molecule has 3 N–H and O–H groups in total. The first-order valence-electron chi connectivity index (χ1n) is 9.52. The van der Waals surface area contributed by atoms with Crippen LogP contribution in [0.25, 0.3) is 0 Å². The van der Waals surface area contributed by atoms with E-state index in [0.717, 1.165) is 11.6 Å². The van der Waals surface area contributed by atoms with E-state index in [-0.39, 0.29) is 17.5 Å². The highest BCUT2D eigenvalue weighted by atomic mass is 32.2. The Balaban J connectivity index is 1.82. The highest BCUT2D eigenvalue weighted by Crippen LogP contribution is 2.31. The molecule has 31 heavy (non-hydrogen) atoms. The van der Waals surface area contributed by atoms with Crippen molar-refractivity contribution in [2.75, 3.05) is 13.2 Å². The highest BCUT2D eigenvalue weighted by Gasteiger charge is 2.45. The first-order chi connectivity index (χ1) is 14.6. The Bertz CT molecular complexity index is 1050. The topological polar surface area (TPSA) is 157 Å². The van der Waals surface area contributed by atoms with Gasteiger partial charge in [-0.3, -0.25) is 13.5 Å². The molecule has 170 valence electrons. The van der Waals surface area contributed by atoms with Crippen LogP contribution in [-0.4, -0.2) is 70.9 Å². The van der Waals surface area contributed by atoms with Crippen molar-refractivity contribution in [3.8, 4) is 6.01 Å². The van der Waals surface area contributed by atoms with E-state index in [4.69, 9.17) is 13.7 Å². The van der Waals surface area contributed by atoms with E-state index in [1.54, 1.807) is 26.0 Å². The molecule has 0 saturated carbocycles. The van der Waals surface area contributed by atoms with Crippen LogP contribution in [0.5, 0.6) is 6.01 Å². The normalized spacial score (nSPS) is 26.5. The predicted molar refractivity (Wildman–Crippen MR) is 106 cm³/mol. The van der Waals surface area contributed by atoms with Gasteiger partial charge in [0.05, 0.1) is 18.1 Å². The smallest absolute Gasteiger partial charge is 0.301 e. The van der Waals surface area contributed by atoms with Gasteiger partial charge in [0, 0.05) is 12.3 Å². The zero-order valence-electron chi connectivity index (χ0n) is 16.9. The van der Waals surface area contributed by atoms with Gasteiger partial charge in [0.15, 0.2) is 6.23 Å². The van der Waals surface area contributed by atoms with E-state index in [2.05, 4.69) is 4.98 Å². The van der Waals surface area contributed by atoms with Crippen molar-refractivity contribution >= 4 is 10.1 Å².